The number of carboxylic acids is 1. The Bertz CT molecular complexity index is 420. The third kappa shape index (κ3) is 3.39. The zero-order chi connectivity index (χ0) is 14.5. The zero-order valence-corrected chi connectivity index (χ0v) is 11.2. The van der Waals surface area contributed by atoms with Crippen LogP contribution in [0.5, 0.6) is 0 Å². The molecule has 0 aromatic carbocycles. The van der Waals surface area contributed by atoms with Gasteiger partial charge in [0.25, 0.3) is 0 Å². The Hall–Kier alpha value is -1.81. The van der Waals surface area contributed by atoms with Crippen molar-refractivity contribution in [3.05, 3.63) is 0 Å². The first-order valence-corrected chi connectivity index (χ1v) is 6.91. The van der Waals surface area contributed by atoms with Crippen LogP contribution in [0.4, 0.5) is 4.79 Å². The molecule has 0 aromatic heterocycles. The molecule has 20 heavy (non-hydrogen) atoms. The van der Waals surface area contributed by atoms with Crippen molar-refractivity contribution in [1.29, 1.82) is 5.26 Å². The van der Waals surface area contributed by atoms with Crippen molar-refractivity contribution in [2.45, 2.75) is 37.8 Å². The van der Waals surface area contributed by atoms with Crippen LogP contribution in [-0.2, 0) is 9.53 Å². The average Bonchev–Trinajstić information content (AvgIpc) is 2.47. The largest absolute Gasteiger partial charge is 0.481 e. The van der Waals surface area contributed by atoms with Crippen molar-refractivity contribution < 1.29 is 19.4 Å². The van der Waals surface area contributed by atoms with E-state index in [0.717, 1.165) is 12.8 Å². The van der Waals surface area contributed by atoms with Crippen molar-refractivity contribution >= 4 is 12.0 Å². The Kier molecular flexibility index (Phi) is 4.79. The number of urea groups is 1. The second-order valence-corrected chi connectivity index (χ2v) is 5.22. The molecule has 2 N–H and O–H groups in total. The summed E-state index contributed by atoms with van der Waals surface area (Å²) in [4.78, 5) is 24.9. The van der Waals surface area contributed by atoms with Gasteiger partial charge in [0.15, 0.2) is 6.10 Å². The maximum Gasteiger partial charge on any atom is 0.317 e. The fourth-order valence-electron chi connectivity index (χ4n) is 2.76. The summed E-state index contributed by atoms with van der Waals surface area (Å²) in [7, 11) is 0. The van der Waals surface area contributed by atoms with E-state index in [4.69, 9.17) is 10.00 Å². The summed E-state index contributed by atoms with van der Waals surface area (Å²) >= 11 is 0. The lowest BCUT2D eigenvalue weighted by molar-refractivity contribution is -0.143. The van der Waals surface area contributed by atoms with E-state index in [1.54, 1.807) is 0 Å². The Morgan fingerprint density at radius 3 is 2.80 bits per heavy atom. The second-order valence-electron chi connectivity index (χ2n) is 5.22. The van der Waals surface area contributed by atoms with E-state index in [9.17, 15) is 14.7 Å². The number of hydrogen-bond donors (Lipinski definition) is 2. The molecule has 7 heteroatoms. The molecular weight excluding hydrogens is 262 g/mol. The van der Waals surface area contributed by atoms with Crippen molar-refractivity contribution in [2.24, 2.45) is 5.92 Å². The SMILES string of the molecule is N#CC1CN(C(=O)NC2CCCCC2C(=O)O)CCO1. The van der Waals surface area contributed by atoms with E-state index in [1.165, 1.54) is 4.90 Å². The lowest BCUT2D eigenvalue weighted by atomic mass is 9.84. The molecule has 0 spiro atoms. The molecular formula is C13H19N3O4. The average molecular weight is 281 g/mol. The Labute approximate surface area is 117 Å². The molecule has 1 aliphatic carbocycles. The van der Waals surface area contributed by atoms with Gasteiger partial charge in [-0.25, -0.2) is 4.79 Å². The Morgan fingerprint density at radius 1 is 1.35 bits per heavy atom. The van der Waals surface area contributed by atoms with Crippen molar-refractivity contribution in [2.75, 3.05) is 19.7 Å². The topological polar surface area (TPSA) is 103 Å². The molecule has 1 saturated carbocycles. The van der Waals surface area contributed by atoms with Gasteiger partial charge in [-0.1, -0.05) is 12.8 Å². The summed E-state index contributed by atoms with van der Waals surface area (Å²) in [5, 5.41) is 20.8. The highest BCUT2D eigenvalue weighted by atomic mass is 16.5. The molecule has 0 radical (unpaired) electrons. The minimum Gasteiger partial charge on any atom is -0.481 e. The summed E-state index contributed by atoms with van der Waals surface area (Å²) in [5.41, 5.74) is 0. The van der Waals surface area contributed by atoms with Gasteiger partial charge in [0.1, 0.15) is 0 Å². The number of carbonyl (C=O) groups excluding carboxylic acids is 1. The van der Waals surface area contributed by atoms with Crippen molar-refractivity contribution in [3.63, 3.8) is 0 Å². The monoisotopic (exact) mass is 281 g/mol. The van der Waals surface area contributed by atoms with Crippen LogP contribution in [0.25, 0.3) is 0 Å². The molecule has 2 fully saturated rings. The maximum atomic E-state index is 12.2. The molecule has 2 rings (SSSR count). The summed E-state index contributed by atoms with van der Waals surface area (Å²) in [6, 6.07) is 1.36. The predicted molar refractivity (Wildman–Crippen MR) is 68.8 cm³/mol. The summed E-state index contributed by atoms with van der Waals surface area (Å²) < 4.78 is 5.18. The van der Waals surface area contributed by atoms with Crippen LogP contribution in [0.2, 0.25) is 0 Å². The number of rotatable bonds is 2. The molecule has 110 valence electrons. The molecule has 1 aliphatic heterocycles. The van der Waals surface area contributed by atoms with Crippen LogP contribution in [0.3, 0.4) is 0 Å². The van der Waals surface area contributed by atoms with Gasteiger partial charge in [-0.05, 0) is 12.8 Å². The van der Waals surface area contributed by atoms with E-state index in [1.807, 2.05) is 6.07 Å². The summed E-state index contributed by atoms with van der Waals surface area (Å²) in [5.74, 6) is -1.37. The number of aliphatic carboxylic acids is 1. The van der Waals surface area contributed by atoms with E-state index in [0.29, 0.717) is 26.0 Å². The van der Waals surface area contributed by atoms with Crippen molar-refractivity contribution in [1.82, 2.24) is 10.2 Å². The number of hydrogen-bond acceptors (Lipinski definition) is 4. The predicted octanol–water partition coefficient (Wildman–Crippen LogP) is 0.564. The molecule has 1 heterocycles. The number of morpholine rings is 1. The van der Waals surface area contributed by atoms with Gasteiger partial charge in [-0.2, -0.15) is 5.26 Å². The molecule has 0 aromatic rings. The van der Waals surface area contributed by atoms with E-state index in [2.05, 4.69) is 5.32 Å². The highest BCUT2D eigenvalue weighted by Gasteiger charge is 2.33. The normalized spacial score (nSPS) is 30.4. The third-order valence-corrected chi connectivity index (χ3v) is 3.89. The zero-order valence-electron chi connectivity index (χ0n) is 11.2. The molecule has 0 bridgehead atoms. The van der Waals surface area contributed by atoms with Crippen LogP contribution < -0.4 is 5.32 Å². The number of nitrogens with one attached hydrogen (secondary N) is 1. The fourth-order valence-corrected chi connectivity index (χ4v) is 2.76. The third-order valence-electron chi connectivity index (χ3n) is 3.89. The van der Waals surface area contributed by atoms with Crippen LogP contribution in [0.1, 0.15) is 25.7 Å². The van der Waals surface area contributed by atoms with Gasteiger partial charge >= 0.3 is 12.0 Å². The van der Waals surface area contributed by atoms with E-state index in [-0.39, 0.29) is 18.6 Å². The first-order valence-electron chi connectivity index (χ1n) is 6.91. The van der Waals surface area contributed by atoms with Crippen LogP contribution in [-0.4, -0.2) is 53.8 Å². The van der Waals surface area contributed by atoms with Crippen LogP contribution in [0, 0.1) is 17.2 Å². The standard InChI is InChI=1S/C13H19N3O4/c14-7-9-8-16(5-6-20-9)13(19)15-11-4-2-1-3-10(11)12(17)18/h9-11H,1-6,8H2,(H,15,19)(H,17,18). The summed E-state index contributed by atoms with van der Waals surface area (Å²) in [6.07, 6.45) is 2.51. The number of nitrogens with zero attached hydrogens (tertiary/aromatic N) is 2. The Morgan fingerprint density at radius 2 is 2.10 bits per heavy atom. The molecule has 2 aliphatic rings. The molecule has 3 atom stereocenters. The van der Waals surface area contributed by atoms with Gasteiger partial charge in [0.05, 0.1) is 25.1 Å². The first-order chi connectivity index (χ1) is 9.61. The van der Waals surface area contributed by atoms with E-state index >= 15 is 0 Å². The van der Waals surface area contributed by atoms with Gasteiger partial charge in [0, 0.05) is 12.6 Å². The van der Waals surface area contributed by atoms with Crippen LogP contribution in [0.15, 0.2) is 0 Å². The number of nitriles is 1. The smallest absolute Gasteiger partial charge is 0.317 e. The fraction of sp³-hybridized carbons (Fsp3) is 0.769. The molecule has 3 unspecified atom stereocenters. The highest BCUT2D eigenvalue weighted by Crippen LogP contribution is 2.25. The van der Waals surface area contributed by atoms with Gasteiger partial charge in [-0.15, -0.1) is 0 Å². The summed E-state index contributed by atoms with van der Waals surface area (Å²) in [6.45, 7) is 0.986. The minimum atomic E-state index is -0.855. The van der Waals surface area contributed by atoms with Gasteiger partial charge < -0.3 is 20.1 Å². The lowest BCUT2D eigenvalue weighted by Gasteiger charge is -2.34. The second kappa shape index (κ2) is 6.57. The molecule has 7 nitrogen and oxygen atoms in total. The molecule has 1 saturated heterocycles. The van der Waals surface area contributed by atoms with Gasteiger partial charge in [-0.3, -0.25) is 4.79 Å². The lowest BCUT2D eigenvalue weighted by Crippen LogP contribution is -2.54. The first kappa shape index (κ1) is 14.6. The van der Waals surface area contributed by atoms with Crippen molar-refractivity contribution in [3.8, 4) is 6.07 Å². The quantitative estimate of drug-likeness (QED) is 0.770. The number of carboxylic acid groups (broad SMARTS) is 1. The Balaban J connectivity index is 1.92. The molecule has 2 amide bonds. The van der Waals surface area contributed by atoms with E-state index < -0.39 is 18.0 Å². The maximum absolute atomic E-state index is 12.2. The van der Waals surface area contributed by atoms with Gasteiger partial charge in [0.2, 0.25) is 0 Å². The minimum absolute atomic E-state index is 0.229. The number of amides is 2. The van der Waals surface area contributed by atoms with Crippen LogP contribution >= 0.6 is 0 Å². The highest BCUT2D eigenvalue weighted by molar-refractivity contribution is 5.77. The number of ether oxygens (including phenoxy) is 1. The number of carbonyl (C=O) groups is 2.